The van der Waals surface area contributed by atoms with E-state index in [-0.39, 0.29) is 18.2 Å². The van der Waals surface area contributed by atoms with Crippen molar-refractivity contribution in [1.29, 1.82) is 0 Å². The van der Waals surface area contributed by atoms with Crippen LogP contribution in [0.1, 0.15) is 41.8 Å². The Morgan fingerprint density at radius 3 is 2.47 bits per heavy atom. The summed E-state index contributed by atoms with van der Waals surface area (Å²) < 4.78 is 1.68. The Kier molecular flexibility index (Phi) is 5.16. The number of hydrogen-bond acceptors (Lipinski definition) is 3. The number of anilines is 2. The highest BCUT2D eigenvalue weighted by Gasteiger charge is 2.36. The van der Waals surface area contributed by atoms with Gasteiger partial charge in [-0.2, -0.15) is 5.10 Å². The van der Waals surface area contributed by atoms with Crippen LogP contribution in [0.25, 0.3) is 11.1 Å². The van der Waals surface area contributed by atoms with Gasteiger partial charge in [-0.15, -0.1) is 0 Å². The van der Waals surface area contributed by atoms with Crippen LogP contribution >= 0.6 is 0 Å². The SMILES string of the molecule is CCc1nn2c(c1-c1ccc(C)cc1)NC(=O)C2CC(=O)Nc1ccc(C)cc1C. The van der Waals surface area contributed by atoms with Crippen molar-refractivity contribution < 1.29 is 9.59 Å². The van der Waals surface area contributed by atoms with Crippen LogP contribution in [0, 0.1) is 20.8 Å². The van der Waals surface area contributed by atoms with Crippen LogP contribution in [0.4, 0.5) is 11.5 Å². The van der Waals surface area contributed by atoms with Crippen molar-refractivity contribution in [2.75, 3.05) is 10.6 Å². The number of carbonyl (C=O) groups is 2. The molecule has 2 N–H and O–H groups in total. The number of amides is 2. The standard InChI is InChI=1S/C24H26N4O2/c1-5-18-22(17-9-6-14(2)7-10-17)23-26-24(30)20(28(23)27-18)13-21(29)25-19-11-8-15(3)12-16(19)4/h6-12,20H,5,13H2,1-4H3,(H,25,29)(H,26,30). The Hall–Kier alpha value is -3.41. The summed E-state index contributed by atoms with van der Waals surface area (Å²) in [5.74, 6) is 0.259. The third-order valence-electron chi connectivity index (χ3n) is 5.53. The first-order chi connectivity index (χ1) is 14.4. The smallest absolute Gasteiger partial charge is 0.251 e. The Bertz CT molecular complexity index is 1130. The van der Waals surface area contributed by atoms with E-state index in [0.717, 1.165) is 40.1 Å². The quantitative estimate of drug-likeness (QED) is 0.657. The Morgan fingerprint density at radius 2 is 1.80 bits per heavy atom. The van der Waals surface area contributed by atoms with Gasteiger partial charge in [0.1, 0.15) is 11.9 Å². The third-order valence-corrected chi connectivity index (χ3v) is 5.53. The van der Waals surface area contributed by atoms with Crippen molar-refractivity contribution in [3.05, 3.63) is 64.8 Å². The predicted molar refractivity (Wildman–Crippen MR) is 119 cm³/mol. The van der Waals surface area contributed by atoms with Crippen LogP contribution in [0.15, 0.2) is 42.5 Å². The number of fused-ring (bicyclic) bond motifs is 1. The Labute approximate surface area is 176 Å². The highest BCUT2D eigenvalue weighted by molar-refractivity contribution is 6.04. The number of rotatable bonds is 5. The molecule has 1 atom stereocenters. The van der Waals surface area contributed by atoms with Gasteiger partial charge in [0.25, 0.3) is 5.91 Å². The molecule has 1 aliphatic heterocycles. The molecule has 2 amide bonds. The summed E-state index contributed by atoms with van der Waals surface area (Å²) in [6, 6.07) is 13.4. The molecular formula is C24H26N4O2. The molecule has 0 saturated carbocycles. The summed E-state index contributed by atoms with van der Waals surface area (Å²) >= 11 is 0. The molecule has 0 aliphatic carbocycles. The zero-order valence-corrected chi connectivity index (χ0v) is 17.7. The van der Waals surface area contributed by atoms with E-state index >= 15 is 0 Å². The molecule has 0 fully saturated rings. The number of carbonyl (C=O) groups excluding carboxylic acids is 2. The number of benzene rings is 2. The second-order valence-electron chi connectivity index (χ2n) is 7.91. The van der Waals surface area contributed by atoms with Gasteiger partial charge in [-0.1, -0.05) is 54.4 Å². The van der Waals surface area contributed by atoms with Crippen LogP contribution in [0.3, 0.4) is 0 Å². The van der Waals surface area contributed by atoms with E-state index in [1.54, 1.807) is 4.68 Å². The van der Waals surface area contributed by atoms with E-state index < -0.39 is 6.04 Å². The van der Waals surface area contributed by atoms with Crippen LogP contribution in [-0.2, 0) is 16.0 Å². The number of aryl methyl sites for hydroxylation is 4. The van der Waals surface area contributed by atoms with Gasteiger partial charge in [-0.25, -0.2) is 4.68 Å². The van der Waals surface area contributed by atoms with Crippen LogP contribution < -0.4 is 10.6 Å². The van der Waals surface area contributed by atoms with Gasteiger partial charge in [-0.05, 0) is 44.4 Å². The van der Waals surface area contributed by atoms with Crippen LogP contribution in [0.5, 0.6) is 0 Å². The molecule has 2 aromatic carbocycles. The molecule has 0 saturated heterocycles. The van der Waals surface area contributed by atoms with Gasteiger partial charge in [0, 0.05) is 11.3 Å². The normalized spacial score (nSPS) is 15.1. The minimum Gasteiger partial charge on any atom is -0.326 e. The topological polar surface area (TPSA) is 76.0 Å². The number of aromatic nitrogens is 2. The molecule has 6 heteroatoms. The minimum absolute atomic E-state index is 0.0321. The zero-order chi connectivity index (χ0) is 21.4. The molecule has 0 spiro atoms. The summed E-state index contributed by atoms with van der Waals surface area (Å²) in [6.45, 7) is 8.05. The summed E-state index contributed by atoms with van der Waals surface area (Å²) in [4.78, 5) is 25.4. The Morgan fingerprint density at radius 1 is 1.10 bits per heavy atom. The predicted octanol–water partition coefficient (Wildman–Crippen LogP) is 4.56. The average Bonchev–Trinajstić information content (AvgIpc) is 3.20. The second kappa shape index (κ2) is 7.78. The first kappa shape index (κ1) is 19.9. The van der Waals surface area contributed by atoms with Gasteiger partial charge in [-0.3, -0.25) is 9.59 Å². The monoisotopic (exact) mass is 402 g/mol. The van der Waals surface area contributed by atoms with Gasteiger partial charge in [0.2, 0.25) is 5.91 Å². The highest BCUT2D eigenvalue weighted by atomic mass is 16.2. The van der Waals surface area contributed by atoms with E-state index in [2.05, 4.69) is 15.7 Å². The lowest BCUT2D eigenvalue weighted by molar-refractivity contribution is -0.123. The molecule has 30 heavy (non-hydrogen) atoms. The van der Waals surface area contributed by atoms with Crippen molar-refractivity contribution in [3.63, 3.8) is 0 Å². The first-order valence-electron chi connectivity index (χ1n) is 10.2. The summed E-state index contributed by atoms with van der Waals surface area (Å²) in [5, 5.41) is 10.6. The van der Waals surface area contributed by atoms with E-state index in [0.29, 0.717) is 5.82 Å². The molecule has 1 aliphatic rings. The minimum atomic E-state index is -0.657. The van der Waals surface area contributed by atoms with Gasteiger partial charge in [0.05, 0.1) is 12.1 Å². The highest BCUT2D eigenvalue weighted by Crippen LogP contribution is 2.39. The summed E-state index contributed by atoms with van der Waals surface area (Å²) in [6.07, 6.45) is 0.769. The average molecular weight is 402 g/mol. The maximum atomic E-state index is 12.7. The van der Waals surface area contributed by atoms with Crippen molar-refractivity contribution in [2.24, 2.45) is 0 Å². The lowest BCUT2D eigenvalue weighted by Crippen LogP contribution is -2.24. The molecule has 1 unspecified atom stereocenters. The lowest BCUT2D eigenvalue weighted by Gasteiger charge is -2.12. The lowest BCUT2D eigenvalue weighted by atomic mass is 10.0. The zero-order valence-electron chi connectivity index (χ0n) is 17.7. The fourth-order valence-electron chi connectivity index (χ4n) is 3.92. The first-order valence-corrected chi connectivity index (χ1v) is 10.2. The summed E-state index contributed by atoms with van der Waals surface area (Å²) in [7, 11) is 0. The molecule has 4 rings (SSSR count). The molecule has 2 heterocycles. The maximum Gasteiger partial charge on any atom is 0.251 e. The van der Waals surface area contributed by atoms with Crippen LogP contribution in [-0.4, -0.2) is 21.6 Å². The largest absolute Gasteiger partial charge is 0.326 e. The van der Waals surface area contributed by atoms with Crippen molar-refractivity contribution in [3.8, 4) is 11.1 Å². The van der Waals surface area contributed by atoms with Crippen molar-refractivity contribution >= 4 is 23.3 Å². The molecule has 0 radical (unpaired) electrons. The Balaban J connectivity index is 1.61. The molecule has 154 valence electrons. The van der Waals surface area contributed by atoms with Gasteiger partial charge >= 0.3 is 0 Å². The molecule has 6 nitrogen and oxygen atoms in total. The second-order valence-corrected chi connectivity index (χ2v) is 7.91. The molecule has 1 aromatic heterocycles. The third kappa shape index (κ3) is 3.61. The number of hydrogen-bond donors (Lipinski definition) is 2. The maximum absolute atomic E-state index is 12.7. The fraction of sp³-hybridized carbons (Fsp3) is 0.292. The van der Waals surface area contributed by atoms with E-state index in [4.69, 9.17) is 0 Å². The van der Waals surface area contributed by atoms with E-state index in [9.17, 15) is 9.59 Å². The van der Waals surface area contributed by atoms with E-state index in [1.165, 1.54) is 5.56 Å². The van der Waals surface area contributed by atoms with Crippen LogP contribution in [0.2, 0.25) is 0 Å². The van der Waals surface area contributed by atoms with Gasteiger partial charge in [0.15, 0.2) is 0 Å². The fourth-order valence-corrected chi connectivity index (χ4v) is 3.92. The molecule has 3 aromatic rings. The summed E-state index contributed by atoms with van der Waals surface area (Å²) in [5.41, 5.74) is 6.92. The van der Waals surface area contributed by atoms with Crippen molar-refractivity contribution in [2.45, 2.75) is 46.6 Å². The molecular weight excluding hydrogens is 376 g/mol. The number of nitrogens with zero attached hydrogens (tertiary/aromatic N) is 2. The molecule has 0 bridgehead atoms. The van der Waals surface area contributed by atoms with Gasteiger partial charge < -0.3 is 10.6 Å². The van der Waals surface area contributed by atoms with E-state index in [1.807, 2.05) is 70.2 Å². The van der Waals surface area contributed by atoms with Crippen molar-refractivity contribution in [1.82, 2.24) is 9.78 Å². The number of nitrogens with one attached hydrogen (secondary N) is 2.